The molecule has 0 saturated carbocycles. The molecule has 0 aliphatic rings. The lowest BCUT2D eigenvalue weighted by Crippen LogP contribution is -2.45. The minimum Gasteiger partial charge on any atom is -0.491 e. The van der Waals surface area contributed by atoms with Crippen LogP contribution in [0.5, 0.6) is 5.75 Å². The SMILES string of the molecule is CC(C)NCC(COc1ccc(CC(=O)N[Si](C)(C)C)cc1)O[Si](C)(C)C. The second-order valence-corrected chi connectivity index (χ2v) is 18.6. The van der Waals surface area contributed by atoms with Crippen molar-refractivity contribution in [3.63, 3.8) is 0 Å². The monoisotopic (exact) mass is 410 g/mol. The van der Waals surface area contributed by atoms with E-state index < -0.39 is 16.6 Å². The summed E-state index contributed by atoms with van der Waals surface area (Å²) in [5, 5.41) is 3.43. The van der Waals surface area contributed by atoms with Crippen LogP contribution in [-0.4, -0.2) is 47.8 Å². The molecule has 1 atom stereocenters. The first-order valence-corrected chi connectivity index (χ1v) is 16.7. The molecular weight excluding hydrogens is 372 g/mol. The highest BCUT2D eigenvalue weighted by Crippen LogP contribution is 2.15. The molecule has 1 rings (SSSR count). The number of carbonyl (C=O) groups is 1. The molecule has 0 heterocycles. The fourth-order valence-corrected chi connectivity index (χ4v) is 4.62. The molecule has 0 aliphatic heterocycles. The second kappa shape index (κ2) is 10.4. The number of carbonyl (C=O) groups excluding carboxylic acids is 1. The van der Waals surface area contributed by atoms with Gasteiger partial charge in [-0.1, -0.05) is 45.6 Å². The molecule has 0 aromatic heterocycles. The molecule has 0 radical (unpaired) electrons. The van der Waals surface area contributed by atoms with E-state index in [9.17, 15) is 4.79 Å². The van der Waals surface area contributed by atoms with Gasteiger partial charge in [-0.25, -0.2) is 0 Å². The third-order valence-corrected chi connectivity index (χ3v) is 5.58. The molecule has 2 N–H and O–H groups in total. The lowest BCUT2D eigenvalue weighted by atomic mass is 10.1. The van der Waals surface area contributed by atoms with Crippen LogP contribution < -0.4 is 15.0 Å². The molecule has 27 heavy (non-hydrogen) atoms. The molecule has 1 unspecified atom stereocenters. The quantitative estimate of drug-likeness (QED) is 0.545. The van der Waals surface area contributed by atoms with E-state index in [1.54, 1.807) is 0 Å². The Labute approximate surface area is 167 Å². The van der Waals surface area contributed by atoms with Crippen LogP contribution in [0.15, 0.2) is 24.3 Å². The van der Waals surface area contributed by atoms with Gasteiger partial charge in [0.2, 0.25) is 5.91 Å². The summed E-state index contributed by atoms with van der Waals surface area (Å²) < 4.78 is 12.2. The van der Waals surface area contributed by atoms with Gasteiger partial charge in [0.05, 0.1) is 12.5 Å². The van der Waals surface area contributed by atoms with Gasteiger partial charge in [0.25, 0.3) is 0 Å². The maximum atomic E-state index is 12.1. The van der Waals surface area contributed by atoms with E-state index in [0.29, 0.717) is 19.1 Å². The summed E-state index contributed by atoms with van der Waals surface area (Å²) in [5.74, 6) is 0.893. The van der Waals surface area contributed by atoms with Gasteiger partial charge in [-0.2, -0.15) is 0 Å². The van der Waals surface area contributed by atoms with E-state index in [0.717, 1.165) is 17.9 Å². The van der Waals surface area contributed by atoms with Gasteiger partial charge >= 0.3 is 0 Å². The molecule has 154 valence electrons. The average Bonchev–Trinajstić information content (AvgIpc) is 2.48. The van der Waals surface area contributed by atoms with Crippen molar-refractivity contribution in [3.8, 4) is 5.75 Å². The number of benzene rings is 1. The summed E-state index contributed by atoms with van der Waals surface area (Å²) in [5.41, 5.74) is 0.995. The Balaban J connectivity index is 2.57. The van der Waals surface area contributed by atoms with Gasteiger partial charge in [-0.15, -0.1) is 0 Å². The van der Waals surface area contributed by atoms with Gasteiger partial charge in [0.1, 0.15) is 20.6 Å². The first-order valence-electron chi connectivity index (χ1n) is 9.78. The molecule has 0 fully saturated rings. The maximum Gasteiger partial charge on any atom is 0.216 e. The van der Waals surface area contributed by atoms with E-state index in [2.05, 4.69) is 63.4 Å². The Hall–Kier alpha value is -1.16. The van der Waals surface area contributed by atoms with Crippen molar-refractivity contribution >= 4 is 22.5 Å². The van der Waals surface area contributed by atoms with Gasteiger partial charge in [-0.05, 0) is 37.3 Å². The molecule has 1 aromatic carbocycles. The van der Waals surface area contributed by atoms with Crippen LogP contribution in [0.25, 0.3) is 0 Å². The minimum atomic E-state index is -1.64. The highest BCUT2D eigenvalue weighted by Gasteiger charge is 2.22. The van der Waals surface area contributed by atoms with Crippen molar-refractivity contribution in [2.24, 2.45) is 0 Å². The third kappa shape index (κ3) is 12.0. The summed E-state index contributed by atoms with van der Waals surface area (Å²) in [6.45, 7) is 18.5. The van der Waals surface area contributed by atoms with Gasteiger partial charge < -0.3 is 19.5 Å². The van der Waals surface area contributed by atoms with E-state index in [1.165, 1.54) is 0 Å². The van der Waals surface area contributed by atoms with Crippen molar-refractivity contribution in [1.82, 2.24) is 10.3 Å². The van der Waals surface area contributed by atoms with E-state index in [1.807, 2.05) is 24.3 Å². The van der Waals surface area contributed by atoms with E-state index in [-0.39, 0.29) is 12.0 Å². The van der Waals surface area contributed by atoms with Crippen LogP contribution in [0.3, 0.4) is 0 Å². The summed E-state index contributed by atoms with van der Waals surface area (Å²) in [6.07, 6.45) is 0.436. The predicted molar refractivity (Wildman–Crippen MR) is 118 cm³/mol. The highest BCUT2D eigenvalue weighted by molar-refractivity contribution is 6.75. The van der Waals surface area contributed by atoms with Crippen LogP contribution >= 0.6 is 0 Å². The zero-order chi connectivity index (χ0) is 20.7. The van der Waals surface area contributed by atoms with Crippen molar-refractivity contribution in [1.29, 1.82) is 0 Å². The molecule has 0 saturated heterocycles. The largest absolute Gasteiger partial charge is 0.491 e. The van der Waals surface area contributed by atoms with Gasteiger partial charge in [0, 0.05) is 12.6 Å². The van der Waals surface area contributed by atoms with Crippen molar-refractivity contribution in [2.75, 3.05) is 13.2 Å². The first-order chi connectivity index (χ1) is 12.3. The number of nitrogens with one attached hydrogen (secondary N) is 2. The Kier molecular flexibility index (Phi) is 9.20. The molecule has 0 bridgehead atoms. The Morgan fingerprint density at radius 1 is 1.04 bits per heavy atom. The van der Waals surface area contributed by atoms with Crippen LogP contribution in [0, 0.1) is 0 Å². The Bertz CT molecular complexity index is 578. The van der Waals surface area contributed by atoms with Crippen LogP contribution in [0.2, 0.25) is 39.3 Å². The molecule has 5 nitrogen and oxygen atoms in total. The molecule has 7 heteroatoms. The normalized spacial score (nSPS) is 13.5. The van der Waals surface area contributed by atoms with Crippen molar-refractivity contribution in [2.45, 2.75) is 71.7 Å². The van der Waals surface area contributed by atoms with E-state index >= 15 is 0 Å². The topological polar surface area (TPSA) is 59.6 Å². The van der Waals surface area contributed by atoms with Crippen LogP contribution in [-0.2, 0) is 15.6 Å². The number of ether oxygens (including phenoxy) is 1. The summed E-state index contributed by atoms with van der Waals surface area (Å²) in [4.78, 5) is 15.2. The lowest BCUT2D eigenvalue weighted by Gasteiger charge is -2.27. The smallest absolute Gasteiger partial charge is 0.216 e. The number of amides is 1. The number of hydrogen-bond acceptors (Lipinski definition) is 4. The zero-order valence-electron chi connectivity index (χ0n) is 18.3. The standard InChI is InChI=1S/C20H38N2O3Si2/c1-16(2)21-14-19(25-27(6,7)8)15-24-18-11-9-17(10-12-18)13-20(23)22-26(3,4)5/h9-12,16,19,21H,13-15H2,1-8H3,(H,22,23). The summed E-state index contributed by atoms with van der Waals surface area (Å²) in [7, 11) is -3.23. The minimum absolute atomic E-state index is 0.0289. The van der Waals surface area contributed by atoms with Gasteiger partial charge in [-0.3, -0.25) is 4.79 Å². The molecule has 0 spiro atoms. The van der Waals surface area contributed by atoms with Crippen LogP contribution in [0.4, 0.5) is 0 Å². The molecular formula is C20H38N2O3Si2. The van der Waals surface area contributed by atoms with E-state index in [4.69, 9.17) is 9.16 Å². The number of hydrogen-bond donors (Lipinski definition) is 2. The Morgan fingerprint density at radius 3 is 2.11 bits per heavy atom. The molecule has 1 amide bonds. The lowest BCUT2D eigenvalue weighted by molar-refractivity contribution is -0.118. The van der Waals surface area contributed by atoms with Crippen molar-refractivity contribution in [3.05, 3.63) is 29.8 Å². The Morgan fingerprint density at radius 2 is 1.63 bits per heavy atom. The zero-order valence-corrected chi connectivity index (χ0v) is 20.3. The average molecular weight is 411 g/mol. The summed E-state index contributed by atoms with van der Waals surface area (Å²) in [6, 6.07) is 8.19. The van der Waals surface area contributed by atoms with Gasteiger partial charge in [0.15, 0.2) is 8.32 Å². The fourth-order valence-electron chi connectivity index (χ4n) is 2.54. The number of rotatable bonds is 11. The van der Waals surface area contributed by atoms with Crippen molar-refractivity contribution < 1.29 is 14.0 Å². The second-order valence-electron chi connectivity index (χ2n) is 9.35. The van der Waals surface area contributed by atoms with Crippen LogP contribution in [0.1, 0.15) is 19.4 Å². The third-order valence-electron chi connectivity index (χ3n) is 3.51. The predicted octanol–water partition coefficient (Wildman–Crippen LogP) is 3.78. The summed E-state index contributed by atoms with van der Waals surface area (Å²) >= 11 is 0. The first kappa shape index (κ1) is 23.9. The fraction of sp³-hybridized carbons (Fsp3) is 0.650. The highest BCUT2D eigenvalue weighted by atomic mass is 28.4. The molecule has 1 aromatic rings. The maximum absolute atomic E-state index is 12.1. The molecule has 0 aliphatic carbocycles.